The lowest BCUT2D eigenvalue weighted by Gasteiger charge is -2.15. The van der Waals surface area contributed by atoms with E-state index in [1.54, 1.807) is 6.92 Å². The molecule has 4 heteroatoms. The zero-order valence-corrected chi connectivity index (χ0v) is 13.8. The van der Waals surface area contributed by atoms with Crippen molar-refractivity contribution in [2.24, 2.45) is 0 Å². The fourth-order valence-electron chi connectivity index (χ4n) is 2.11. The number of anilines is 1. The summed E-state index contributed by atoms with van der Waals surface area (Å²) < 4.78 is 11.0. The van der Waals surface area contributed by atoms with Crippen LogP contribution < -0.4 is 14.8 Å². The van der Waals surface area contributed by atoms with Gasteiger partial charge in [-0.15, -0.1) is 0 Å². The van der Waals surface area contributed by atoms with Crippen LogP contribution in [0.3, 0.4) is 0 Å². The first-order valence-electron chi connectivity index (χ1n) is 7.91. The van der Waals surface area contributed by atoms with Crippen LogP contribution in [-0.2, 0) is 11.2 Å². The molecule has 23 heavy (non-hydrogen) atoms. The molecule has 0 heterocycles. The summed E-state index contributed by atoms with van der Waals surface area (Å²) in [4.78, 5) is 12.2. The quantitative estimate of drug-likeness (QED) is 0.838. The Bertz CT molecular complexity index is 620. The third kappa shape index (κ3) is 5.02. The predicted octanol–water partition coefficient (Wildman–Crippen LogP) is 4.05. The van der Waals surface area contributed by atoms with Gasteiger partial charge < -0.3 is 14.8 Å². The lowest BCUT2D eigenvalue weighted by atomic mass is 10.2. The van der Waals surface area contributed by atoms with Crippen LogP contribution in [-0.4, -0.2) is 18.6 Å². The second-order valence-corrected chi connectivity index (χ2v) is 5.20. The van der Waals surface area contributed by atoms with Crippen LogP contribution in [0.15, 0.2) is 48.5 Å². The summed E-state index contributed by atoms with van der Waals surface area (Å²) in [6.45, 7) is 6.38. The van der Waals surface area contributed by atoms with E-state index in [9.17, 15) is 4.79 Å². The van der Waals surface area contributed by atoms with Crippen molar-refractivity contribution in [3.8, 4) is 11.5 Å². The minimum atomic E-state index is -0.575. The Hall–Kier alpha value is -2.49. The number of ether oxygens (including phenoxy) is 2. The molecule has 122 valence electrons. The zero-order valence-electron chi connectivity index (χ0n) is 13.8. The van der Waals surface area contributed by atoms with Gasteiger partial charge in [-0.25, -0.2) is 0 Å². The van der Waals surface area contributed by atoms with Gasteiger partial charge in [-0.2, -0.15) is 0 Å². The largest absolute Gasteiger partial charge is 0.494 e. The zero-order chi connectivity index (χ0) is 16.7. The SMILES string of the molecule is CCOc1ccc(NC(=O)C(C)Oc2ccc(CC)cc2)cc1. The first-order valence-corrected chi connectivity index (χ1v) is 7.91. The molecule has 0 fully saturated rings. The number of hydrogen-bond donors (Lipinski definition) is 1. The van der Waals surface area contributed by atoms with Crippen molar-refractivity contribution < 1.29 is 14.3 Å². The molecule has 2 aromatic carbocycles. The van der Waals surface area contributed by atoms with Gasteiger partial charge in [0.15, 0.2) is 6.10 Å². The van der Waals surface area contributed by atoms with Crippen LogP contribution in [0.2, 0.25) is 0 Å². The molecule has 0 aliphatic heterocycles. The van der Waals surface area contributed by atoms with Crippen molar-refractivity contribution in [2.75, 3.05) is 11.9 Å². The Morgan fingerprint density at radius 1 is 1.00 bits per heavy atom. The molecule has 0 bridgehead atoms. The van der Waals surface area contributed by atoms with E-state index < -0.39 is 6.10 Å². The molecule has 0 aromatic heterocycles. The average molecular weight is 313 g/mol. The van der Waals surface area contributed by atoms with Crippen LogP contribution in [0.5, 0.6) is 11.5 Å². The highest BCUT2D eigenvalue weighted by molar-refractivity contribution is 5.94. The van der Waals surface area contributed by atoms with Crippen molar-refractivity contribution in [1.29, 1.82) is 0 Å². The van der Waals surface area contributed by atoms with Crippen LogP contribution in [0, 0.1) is 0 Å². The van der Waals surface area contributed by atoms with E-state index in [2.05, 4.69) is 12.2 Å². The average Bonchev–Trinajstić information content (AvgIpc) is 2.57. The molecule has 1 N–H and O–H groups in total. The number of carbonyl (C=O) groups is 1. The molecule has 0 radical (unpaired) electrons. The molecular formula is C19H23NO3. The third-order valence-corrected chi connectivity index (χ3v) is 3.45. The van der Waals surface area contributed by atoms with Gasteiger partial charge in [0.2, 0.25) is 0 Å². The third-order valence-electron chi connectivity index (χ3n) is 3.45. The predicted molar refractivity (Wildman–Crippen MR) is 92.2 cm³/mol. The summed E-state index contributed by atoms with van der Waals surface area (Å²) >= 11 is 0. The number of rotatable bonds is 7. The van der Waals surface area contributed by atoms with Crippen LogP contribution in [0.4, 0.5) is 5.69 Å². The fraction of sp³-hybridized carbons (Fsp3) is 0.316. The number of benzene rings is 2. The lowest BCUT2D eigenvalue weighted by Crippen LogP contribution is -2.30. The summed E-state index contributed by atoms with van der Waals surface area (Å²) in [5.41, 5.74) is 1.96. The second-order valence-electron chi connectivity index (χ2n) is 5.20. The molecule has 1 unspecified atom stereocenters. The normalized spacial score (nSPS) is 11.6. The number of carbonyl (C=O) groups excluding carboxylic acids is 1. The van der Waals surface area contributed by atoms with E-state index in [4.69, 9.17) is 9.47 Å². The smallest absolute Gasteiger partial charge is 0.265 e. The van der Waals surface area contributed by atoms with E-state index in [1.165, 1.54) is 5.56 Å². The molecule has 1 amide bonds. The van der Waals surface area contributed by atoms with Gasteiger partial charge in [-0.05, 0) is 62.2 Å². The maximum absolute atomic E-state index is 12.2. The van der Waals surface area contributed by atoms with E-state index in [1.807, 2.05) is 55.5 Å². The number of hydrogen-bond acceptors (Lipinski definition) is 3. The Morgan fingerprint density at radius 3 is 2.17 bits per heavy atom. The summed E-state index contributed by atoms with van der Waals surface area (Å²) in [6, 6.07) is 15.1. The molecule has 0 spiro atoms. The molecule has 2 rings (SSSR count). The Kier molecular flexibility index (Phi) is 6.03. The highest BCUT2D eigenvalue weighted by atomic mass is 16.5. The fourth-order valence-corrected chi connectivity index (χ4v) is 2.11. The van der Waals surface area contributed by atoms with Crippen molar-refractivity contribution >= 4 is 11.6 Å². The Morgan fingerprint density at radius 2 is 1.61 bits per heavy atom. The molecule has 4 nitrogen and oxygen atoms in total. The van der Waals surface area contributed by atoms with Crippen LogP contribution in [0.25, 0.3) is 0 Å². The van der Waals surface area contributed by atoms with Crippen molar-refractivity contribution in [1.82, 2.24) is 0 Å². The summed E-state index contributed by atoms with van der Waals surface area (Å²) in [6.07, 6.45) is 0.405. The van der Waals surface area contributed by atoms with E-state index >= 15 is 0 Å². The monoisotopic (exact) mass is 313 g/mol. The van der Waals surface area contributed by atoms with Gasteiger partial charge in [0.25, 0.3) is 5.91 Å². The highest BCUT2D eigenvalue weighted by Crippen LogP contribution is 2.17. The molecule has 0 aliphatic carbocycles. The van der Waals surface area contributed by atoms with Gasteiger partial charge in [0.1, 0.15) is 11.5 Å². The summed E-state index contributed by atoms with van der Waals surface area (Å²) in [7, 11) is 0. The van der Waals surface area contributed by atoms with Gasteiger partial charge >= 0.3 is 0 Å². The van der Waals surface area contributed by atoms with Gasteiger partial charge in [-0.1, -0.05) is 19.1 Å². The topological polar surface area (TPSA) is 47.6 Å². The Balaban J connectivity index is 1.90. The second kappa shape index (κ2) is 8.22. The first kappa shape index (κ1) is 16.9. The number of nitrogens with one attached hydrogen (secondary N) is 1. The van der Waals surface area contributed by atoms with Crippen molar-refractivity contribution in [2.45, 2.75) is 33.3 Å². The van der Waals surface area contributed by atoms with E-state index in [0.717, 1.165) is 17.9 Å². The molecule has 1 atom stereocenters. The van der Waals surface area contributed by atoms with Crippen molar-refractivity contribution in [3.63, 3.8) is 0 Å². The first-order chi connectivity index (χ1) is 11.1. The van der Waals surface area contributed by atoms with Gasteiger partial charge in [0.05, 0.1) is 6.61 Å². The molecular weight excluding hydrogens is 290 g/mol. The Labute approximate surface area is 137 Å². The van der Waals surface area contributed by atoms with Gasteiger partial charge in [-0.3, -0.25) is 4.79 Å². The lowest BCUT2D eigenvalue weighted by molar-refractivity contribution is -0.122. The van der Waals surface area contributed by atoms with E-state index in [-0.39, 0.29) is 5.91 Å². The highest BCUT2D eigenvalue weighted by Gasteiger charge is 2.14. The molecule has 0 aliphatic rings. The van der Waals surface area contributed by atoms with Crippen LogP contribution in [0.1, 0.15) is 26.3 Å². The maximum atomic E-state index is 12.2. The summed E-state index contributed by atoms with van der Waals surface area (Å²) in [5.74, 6) is 1.29. The molecule has 0 saturated heterocycles. The van der Waals surface area contributed by atoms with Crippen LogP contribution >= 0.6 is 0 Å². The minimum absolute atomic E-state index is 0.186. The molecule has 2 aromatic rings. The standard InChI is InChI=1S/C19H23NO3/c1-4-15-6-10-18(11-7-15)23-14(3)19(21)20-16-8-12-17(13-9-16)22-5-2/h6-14H,4-5H2,1-3H3,(H,20,21). The summed E-state index contributed by atoms with van der Waals surface area (Å²) in [5, 5.41) is 2.83. The van der Waals surface area contributed by atoms with Crippen molar-refractivity contribution in [3.05, 3.63) is 54.1 Å². The molecule has 0 saturated carbocycles. The number of amides is 1. The minimum Gasteiger partial charge on any atom is -0.494 e. The number of aryl methyl sites for hydroxylation is 1. The maximum Gasteiger partial charge on any atom is 0.265 e. The van der Waals surface area contributed by atoms with Gasteiger partial charge in [0, 0.05) is 5.69 Å². The van der Waals surface area contributed by atoms with E-state index in [0.29, 0.717) is 12.4 Å².